The molecule has 1 atom stereocenters. The summed E-state index contributed by atoms with van der Waals surface area (Å²) in [5, 5.41) is 19.9. The van der Waals surface area contributed by atoms with E-state index >= 15 is 0 Å². The molecule has 0 aromatic heterocycles. The van der Waals surface area contributed by atoms with E-state index in [0.717, 1.165) is 0 Å². The Hall–Kier alpha value is -2.34. The van der Waals surface area contributed by atoms with E-state index in [1.165, 1.54) is 17.0 Å². The number of likely N-dealkylation sites (N-methyl/N-ethyl adjacent to an activating group) is 1. The second-order valence-electron chi connectivity index (χ2n) is 7.08. The number of aliphatic hydroxyl groups is 1. The van der Waals surface area contributed by atoms with Crippen LogP contribution in [0.15, 0.2) is 35.6 Å². The molecular weight excluding hydrogens is 320 g/mol. The van der Waals surface area contributed by atoms with E-state index in [1.54, 1.807) is 12.1 Å². The lowest BCUT2D eigenvalue weighted by Crippen LogP contribution is -2.36. The van der Waals surface area contributed by atoms with Gasteiger partial charge in [0.1, 0.15) is 5.75 Å². The van der Waals surface area contributed by atoms with Gasteiger partial charge in [-0.3, -0.25) is 9.59 Å². The van der Waals surface area contributed by atoms with Crippen LogP contribution in [0, 0.1) is 5.92 Å². The minimum atomic E-state index is -0.626. The van der Waals surface area contributed by atoms with E-state index < -0.39 is 17.7 Å². The van der Waals surface area contributed by atoms with Crippen LogP contribution in [-0.4, -0.2) is 58.9 Å². The summed E-state index contributed by atoms with van der Waals surface area (Å²) in [6.07, 6.45) is 0.267. The number of aliphatic hydroxyl groups excluding tert-OH is 1. The molecule has 1 unspecified atom stereocenters. The Bertz CT molecular complexity index is 677. The molecule has 1 aromatic carbocycles. The van der Waals surface area contributed by atoms with Crippen molar-refractivity contribution >= 4 is 11.7 Å². The van der Waals surface area contributed by atoms with Crippen molar-refractivity contribution in [2.45, 2.75) is 26.3 Å². The van der Waals surface area contributed by atoms with Gasteiger partial charge in [0.2, 0.25) is 0 Å². The van der Waals surface area contributed by atoms with Crippen LogP contribution in [0.25, 0.3) is 0 Å². The van der Waals surface area contributed by atoms with Gasteiger partial charge in [-0.2, -0.15) is 0 Å². The summed E-state index contributed by atoms with van der Waals surface area (Å²) in [6.45, 7) is 4.84. The molecule has 0 saturated heterocycles. The van der Waals surface area contributed by atoms with Gasteiger partial charge in [0.15, 0.2) is 11.5 Å². The third-order valence-corrected chi connectivity index (χ3v) is 4.19. The number of benzene rings is 1. The van der Waals surface area contributed by atoms with Gasteiger partial charge in [-0.1, -0.05) is 26.0 Å². The summed E-state index contributed by atoms with van der Waals surface area (Å²) in [4.78, 5) is 28.7. The molecule has 0 fully saturated rings. The Morgan fingerprint density at radius 3 is 2.32 bits per heavy atom. The highest BCUT2D eigenvalue weighted by molar-refractivity contribution is 6.09. The molecule has 2 rings (SSSR count). The standard InChI is InChI=1S/C19H26N2O4/c1-12(2)11-15(23)16-17(13-5-7-14(22)8-6-13)21(10-9-20(3)4)19(25)18(16)24/h5-8,12,17,22,24H,9-11H2,1-4H3. The molecule has 0 spiro atoms. The average molecular weight is 346 g/mol. The van der Waals surface area contributed by atoms with E-state index in [9.17, 15) is 19.8 Å². The lowest BCUT2D eigenvalue weighted by Gasteiger charge is -2.28. The molecule has 1 aliphatic rings. The Balaban J connectivity index is 2.44. The lowest BCUT2D eigenvalue weighted by molar-refractivity contribution is -0.129. The molecule has 1 aliphatic heterocycles. The van der Waals surface area contributed by atoms with Gasteiger partial charge in [-0.25, -0.2) is 0 Å². The normalized spacial score (nSPS) is 17.9. The van der Waals surface area contributed by atoms with Crippen molar-refractivity contribution in [3.63, 3.8) is 0 Å². The van der Waals surface area contributed by atoms with E-state index in [2.05, 4.69) is 0 Å². The number of nitrogens with zero attached hydrogens (tertiary/aromatic N) is 2. The lowest BCUT2D eigenvalue weighted by atomic mass is 9.92. The maximum absolute atomic E-state index is 12.7. The SMILES string of the molecule is CC(C)CC(=O)C1=C(O)C(=O)N(CCN(C)C)C1c1ccc(O)cc1. The third kappa shape index (κ3) is 4.20. The van der Waals surface area contributed by atoms with Crippen LogP contribution in [0.3, 0.4) is 0 Å². The topological polar surface area (TPSA) is 81.1 Å². The number of ketones is 1. The molecule has 0 bridgehead atoms. The molecular formula is C19H26N2O4. The third-order valence-electron chi connectivity index (χ3n) is 4.19. The Morgan fingerprint density at radius 1 is 1.20 bits per heavy atom. The predicted molar refractivity (Wildman–Crippen MR) is 95.2 cm³/mol. The van der Waals surface area contributed by atoms with E-state index in [0.29, 0.717) is 18.7 Å². The molecule has 1 aromatic rings. The van der Waals surface area contributed by atoms with Crippen molar-refractivity contribution in [1.82, 2.24) is 9.80 Å². The summed E-state index contributed by atoms with van der Waals surface area (Å²) in [6, 6.07) is 5.77. The van der Waals surface area contributed by atoms with Gasteiger partial charge in [0.05, 0.1) is 11.6 Å². The highest BCUT2D eigenvalue weighted by Crippen LogP contribution is 2.38. The summed E-state index contributed by atoms with van der Waals surface area (Å²) < 4.78 is 0. The van der Waals surface area contributed by atoms with Crippen LogP contribution in [0.5, 0.6) is 5.75 Å². The molecule has 6 heteroatoms. The van der Waals surface area contributed by atoms with Crippen LogP contribution in [-0.2, 0) is 9.59 Å². The number of rotatable bonds is 7. The number of hydrogen-bond donors (Lipinski definition) is 2. The highest BCUT2D eigenvalue weighted by Gasteiger charge is 2.43. The van der Waals surface area contributed by atoms with E-state index in [-0.39, 0.29) is 29.4 Å². The highest BCUT2D eigenvalue weighted by atomic mass is 16.3. The number of Topliss-reactive ketones (excluding diaryl/α,β-unsaturated/α-hetero) is 1. The molecule has 1 amide bonds. The molecule has 0 aliphatic carbocycles. The summed E-state index contributed by atoms with van der Waals surface area (Å²) in [5.74, 6) is -0.962. The van der Waals surface area contributed by atoms with Gasteiger partial charge in [-0.05, 0) is 37.7 Å². The first-order valence-electron chi connectivity index (χ1n) is 8.43. The van der Waals surface area contributed by atoms with Gasteiger partial charge < -0.3 is 20.0 Å². The minimum Gasteiger partial charge on any atom is -0.508 e. The number of hydrogen-bond acceptors (Lipinski definition) is 5. The second kappa shape index (κ2) is 7.70. The zero-order valence-electron chi connectivity index (χ0n) is 15.2. The van der Waals surface area contributed by atoms with Gasteiger partial charge >= 0.3 is 0 Å². The molecule has 2 N–H and O–H groups in total. The fraction of sp³-hybridized carbons (Fsp3) is 0.474. The van der Waals surface area contributed by atoms with E-state index in [4.69, 9.17) is 0 Å². The number of carbonyl (C=O) groups is 2. The van der Waals surface area contributed by atoms with Crippen LogP contribution < -0.4 is 0 Å². The minimum absolute atomic E-state index is 0.108. The zero-order chi connectivity index (χ0) is 18.7. The van der Waals surface area contributed by atoms with Gasteiger partial charge in [0.25, 0.3) is 5.91 Å². The fourth-order valence-electron chi connectivity index (χ4n) is 2.96. The van der Waals surface area contributed by atoms with E-state index in [1.807, 2.05) is 32.8 Å². The predicted octanol–water partition coefficient (Wildman–Crippen LogP) is 2.26. The van der Waals surface area contributed by atoms with Crippen LogP contribution in [0.1, 0.15) is 31.9 Å². The molecule has 0 saturated carbocycles. The van der Waals surface area contributed by atoms with Crippen molar-refractivity contribution in [2.75, 3.05) is 27.2 Å². The van der Waals surface area contributed by atoms with Crippen LogP contribution in [0.2, 0.25) is 0 Å². The largest absolute Gasteiger partial charge is 0.508 e. The summed E-state index contributed by atoms with van der Waals surface area (Å²) >= 11 is 0. The smallest absolute Gasteiger partial charge is 0.290 e. The summed E-state index contributed by atoms with van der Waals surface area (Å²) in [5.41, 5.74) is 0.851. The zero-order valence-corrected chi connectivity index (χ0v) is 15.2. The number of amides is 1. The van der Waals surface area contributed by atoms with Crippen molar-refractivity contribution < 1.29 is 19.8 Å². The van der Waals surface area contributed by atoms with Crippen molar-refractivity contribution in [3.8, 4) is 5.75 Å². The van der Waals surface area contributed by atoms with Crippen molar-refractivity contribution in [3.05, 3.63) is 41.2 Å². The molecule has 6 nitrogen and oxygen atoms in total. The molecule has 1 heterocycles. The number of phenols is 1. The monoisotopic (exact) mass is 346 g/mol. The van der Waals surface area contributed by atoms with Crippen molar-refractivity contribution in [2.24, 2.45) is 5.92 Å². The first kappa shape index (κ1) is 19.0. The molecule has 0 radical (unpaired) electrons. The number of aromatic hydroxyl groups is 1. The average Bonchev–Trinajstić information content (AvgIpc) is 2.77. The number of carbonyl (C=O) groups excluding carboxylic acids is 2. The van der Waals surface area contributed by atoms with Crippen LogP contribution >= 0.6 is 0 Å². The number of phenolic OH excluding ortho intramolecular Hbond substituents is 1. The van der Waals surface area contributed by atoms with Gasteiger partial charge in [-0.15, -0.1) is 0 Å². The fourth-order valence-corrected chi connectivity index (χ4v) is 2.96. The Morgan fingerprint density at radius 2 is 1.80 bits per heavy atom. The first-order chi connectivity index (χ1) is 11.7. The van der Waals surface area contributed by atoms with Crippen LogP contribution in [0.4, 0.5) is 0 Å². The first-order valence-corrected chi connectivity index (χ1v) is 8.43. The second-order valence-corrected chi connectivity index (χ2v) is 7.08. The maximum atomic E-state index is 12.7. The quantitative estimate of drug-likeness (QED) is 0.791. The molecule has 25 heavy (non-hydrogen) atoms. The van der Waals surface area contributed by atoms with Gasteiger partial charge in [0, 0.05) is 19.5 Å². The Labute approximate surface area is 148 Å². The molecule has 136 valence electrons. The summed E-state index contributed by atoms with van der Waals surface area (Å²) in [7, 11) is 3.79. The maximum Gasteiger partial charge on any atom is 0.290 e. The van der Waals surface area contributed by atoms with Crippen molar-refractivity contribution in [1.29, 1.82) is 0 Å². The Kier molecular flexibility index (Phi) is 5.85.